The van der Waals surface area contributed by atoms with Gasteiger partial charge in [0.1, 0.15) is 5.82 Å². The van der Waals surface area contributed by atoms with Crippen molar-refractivity contribution in [1.82, 2.24) is 19.7 Å². The minimum Gasteiger partial charge on any atom is -0.315 e. The number of aromatic nitrogens is 3. The van der Waals surface area contributed by atoms with Gasteiger partial charge < -0.3 is 14.8 Å². The summed E-state index contributed by atoms with van der Waals surface area (Å²) in [5.74, 6) is 1.59. The summed E-state index contributed by atoms with van der Waals surface area (Å²) in [6.45, 7) is 1.45. The van der Waals surface area contributed by atoms with Crippen LogP contribution in [0, 0.1) is 0 Å². The van der Waals surface area contributed by atoms with E-state index in [1.54, 1.807) is 4.90 Å². The van der Waals surface area contributed by atoms with Gasteiger partial charge in [-0.3, -0.25) is 0 Å². The molecule has 156 valence electrons. The fraction of sp³-hybridized carbons (Fsp3) is 0.211. The molecule has 0 bridgehead atoms. The number of rotatable bonds is 4. The molecule has 0 saturated heterocycles. The maximum Gasteiger partial charge on any atom is 0.322 e. The molecule has 0 aliphatic carbocycles. The van der Waals surface area contributed by atoms with Crippen LogP contribution in [0.2, 0.25) is 0 Å². The maximum absolute atomic E-state index is 12.6. The van der Waals surface area contributed by atoms with Crippen LogP contribution in [-0.4, -0.2) is 40.7 Å². The topological polar surface area (TPSA) is 123 Å². The van der Waals surface area contributed by atoms with E-state index in [4.69, 9.17) is 5.14 Å². The molecule has 3 N–H and O–H groups in total. The van der Waals surface area contributed by atoms with Crippen molar-refractivity contribution < 1.29 is 13.2 Å². The van der Waals surface area contributed by atoms with Gasteiger partial charge in [0, 0.05) is 29.7 Å². The van der Waals surface area contributed by atoms with Gasteiger partial charge in [0.2, 0.25) is 10.0 Å². The first-order chi connectivity index (χ1) is 14.3. The third kappa shape index (κ3) is 4.53. The van der Waals surface area contributed by atoms with Crippen molar-refractivity contribution in [2.24, 2.45) is 5.14 Å². The standard InChI is InChI=1S/C19H19BrN6O3S/c20-14-3-1-2-13(10-14)11-17-23-24-18-12-25(8-9-26(17)18)19(27)22-15-4-6-16(7-5-15)30(21,28)29/h1-7,10H,8-9,11-12H2,(H,22,27)(H2,21,28,29). The van der Waals surface area contributed by atoms with Crippen LogP contribution in [-0.2, 0) is 29.5 Å². The minimum atomic E-state index is -3.77. The summed E-state index contributed by atoms with van der Waals surface area (Å²) in [7, 11) is -3.77. The van der Waals surface area contributed by atoms with Gasteiger partial charge in [0.05, 0.1) is 11.4 Å². The molecule has 0 fully saturated rings. The number of nitrogens with zero attached hydrogens (tertiary/aromatic N) is 4. The molecule has 0 saturated carbocycles. The van der Waals surface area contributed by atoms with E-state index in [9.17, 15) is 13.2 Å². The predicted molar refractivity (Wildman–Crippen MR) is 114 cm³/mol. The molecule has 0 unspecified atom stereocenters. The molecule has 3 aromatic rings. The zero-order valence-corrected chi connectivity index (χ0v) is 18.2. The first-order valence-corrected chi connectivity index (χ1v) is 11.5. The van der Waals surface area contributed by atoms with Crippen LogP contribution in [0.25, 0.3) is 0 Å². The lowest BCUT2D eigenvalue weighted by Crippen LogP contribution is -2.41. The molecular weight excluding hydrogens is 472 g/mol. The van der Waals surface area contributed by atoms with Crippen LogP contribution in [0.1, 0.15) is 17.2 Å². The number of primary sulfonamides is 1. The Kier molecular flexibility index (Phi) is 5.58. The molecule has 0 radical (unpaired) electrons. The normalized spacial score (nSPS) is 13.7. The van der Waals surface area contributed by atoms with Crippen molar-refractivity contribution in [2.45, 2.75) is 24.4 Å². The number of hydrogen-bond acceptors (Lipinski definition) is 5. The fourth-order valence-corrected chi connectivity index (χ4v) is 4.24. The molecule has 1 aliphatic rings. The fourth-order valence-electron chi connectivity index (χ4n) is 3.28. The summed E-state index contributed by atoms with van der Waals surface area (Å²) in [6.07, 6.45) is 0.662. The Morgan fingerprint density at radius 2 is 1.90 bits per heavy atom. The summed E-state index contributed by atoms with van der Waals surface area (Å²) in [4.78, 5) is 14.2. The van der Waals surface area contributed by atoms with Crippen molar-refractivity contribution in [3.05, 3.63) is 70.2 Å². The second-order valence-corrected chi connectivity index (χ2v) is 9.39. The van der Waals surface area contributed by atoms with E-state index in [-0.39, 0.29) is 10.9 Å². The van der Waals surface area contributed by atoms with Gasteiger partial charge in [-0.15, -0.1) is 10.2 Å². The number of anilines is 1. The average molecular weight is 491 g/mol. The smallest absolute Gasteiger partial charge is 0.315 e. The van der Waals surface area contributed by atoms with E-state index in [2.05, 4.69) is 31.4 Å². The summed E-state index contributed by atoms with van der Waals surface area (Å²) in [5.41, 5.74) is 1.61. The predicted octanol–water partition coefficient (Wildman–Crippen LogP) is 2.33. The van der Waals surface area contributed by atoms with Crippen molar-refractivity contribution in [3.8, 4) is 0 Å². The first-order valence-electron chi connectivity index (χ1n) is 9.14. The third-order valence-corrected chi connectivity index (χ3v) is 6.22. The SMILES string of the molecule is NS(=O)(=O)c1ccc(NC(=O)N2CCn3c(Cc4cccc(Br)c4)nnc3C2)cc1. The molecule has 30 heavy (non-hydrogen) atoms. The number of nitrogens with one attached hydrogen (secondary N) is 1. The number of carbonyl (C=O) groups is 1. The van der Waals surface area contributed by atoms with Crippen LogP contribution in [0.5, 0.6) is 0 Å². The second kappa shape index (κ2) is 8.17. The van der Waals surface area contributed by atoms with Crippen LogP contribution < -0.4 is 10.5 Å². The Hall–Kier alpha value is -2.76. The van der Waals surface area contributed by atoms with E-state index >= 15 is 0 Å². The molecular formula is C19H19BrN6O3S. The molecule has 1 aliphatic heterocycles. The van der Waals surface area contributed by atoms with Crippen LogP contribution >= 0.6 is 15.9 Å². The van der Waals surface area contributed by atoms with E-state index in [0.717, 1.165) is 21.7 Å². The van der Waals surface area contributed by atoms with Crippen LogP contribution in [0.4, 0.5) is 10.5 Å². The van der Waals surface area contributed by atoms with E-state index in [1.807, 2.05) is 28.8 Å². The molecule has 1 aromatic heterocycles. The largest absolute Gasteiger partial charge is 0.322 e. The molecule has 2 aromatic carbocycles. The van der Waals surface area contributed by atoms with Gasteiger partial charge in [0.15, 0.2) is 5.82 Å². The molecule has 2 heterocycles. The third-order valence-electron chi connectivity index (χ3n) is 4.80. The summed E-state index contributed by atoms with van der Waals surface area (Å²) < 4.78 is 25.7. The number of nitrogens with two attached hydrogens (primary N) is 1. The minimum absolute atomic E-state index is 0.00968. The molecule has 9 nitrogen and oxygen atoms in total. The van der Waals surface area contributed by atoms with E-state index in [1.165, 1.54) is 24.3 Å². The highest BCUT2D eigenvalue weighted by Crippen LogP contribution is 2.19. The van der Waals surface area contributed by atoms with E-state index < -0.39 is 10.0 Å². The quantitative estimate of drug-likeness (QED) is 0.580. The molecule has 4 rings (SSSR count). The summed E-state index contributed by atoms with van der Waals surface area (Å²) in [5, 5.41) is 16.4. The summed E-state index contributed by atoms with van der Waals surface area (Å²) in [6, 6.07) is 13.5. The highest BCUT2D eigenvalue weighted by molar-refractivity contribution is 9.10. The number of halogens is 1. The lowest BCUT2D eigenvalue weighted by atomic mass is 10.1. The van der Waals surface area contributed by atoms with E-state index in [0.29, 0.717) is 31.7 Å². The number of amides is 2. The zero-order valence-electron chi connectivity index (χ0n) is 15.8. The highest BCUT2D eigenvalue weighted by atomic mass is 79.9. The number of urea groups is 1. The Bertz CT molecular complexity index is 1190. The zero-order chi connectivity index (χ0) is 21.3. The van der Waals surface area contributed by atoms with Crippen molar-refractivity contribution in [2.75, 3.05) is 11.9 Å². The lowest BCUT2D eigenvalue weighted by molar-refractivity contribution is 0.195. The Morgan fingerprint density at radius 3 is 2.60 bits per heavy atom. The van der Waals surface area contributed by atoms with Gasteiger partial charge in [-0.2, -0.15) is 0 Å². The molecule has 11 heteroatoms. The van der Waals surface area contributed by atoms with Gasteiger partial charge in [-0.05, 0) is 42.0 Å². The number of benzene rings is 2. The number of fused-ring (bicyclic) bond motifs is 1. The Morgan fingerprint density at radius 1 is 1.13 bits per heavy atom. The van der Waals surface area contributed by atoms with Gasteiger partial charge in [-0.1, -0.05) is 28.1 Å². The number of sulfonamides is 1. The Balaban J connectivity index is 1.42. The summed E-state index contributed by atoms with van der Waals surface area (Å²) >= 11 is 3.48. The molecule has 0 atom stereocenters. The maximum atomic E-state index is 12.6. The van der Waals surface area contributed by atoms with Crippen molar-refractivity contribution in [1.29, 1.82) is 0 Å². The average Bonchev–Trinajstić information content (AvgIpc) is 3.10. The highest BCUT2D eigenvalue weighted by Gasteiger charge is 2.24. The molecule has 2 amide bonds. The lowest BCUT2D eigenvalue weighted by Gasteiger charge is -2.28. The second-order valence-electron chi connectivity index (χ2n) is 6.91. The van der Waals surface area contributed by atoms with Gasteiger partial charge >= 0.3 is 6.03 Å². The van der Waals surface area contributed by atoms with Gasteiger partial charge in [-0.25, -0.2) is 18.4 Å². The first kappa shape index (κ1) is 20.5. The van der Waals surface area contributed by atoms with Crippen LogP contribution in [0.3, 0.4) is 0 Å². The monoisotopic (exact) mass is 490 g/mol. The van der Waals surface area contributed by atoms with Gasteiger partial charge in [0.25, 0.3) is 0 Å². The van der Waals surface area contributed by atoms with Crippen molar-refractivity contribution >= 4 is 37.7 Å². The molecule has 0 spiro atoms. The number of carbonyl (C=O) groups excluding carboxylic acids is 1. The number of hydrogen-bond donors (Lipinski definition) is 2. The Labute approximate surface area is 182 Å². The van der Waals surface area contributed by atoms with Crippen molar-refractivity contribution in [3.63, 3.8) is 0 Å². The van der Waals surface area contributed by atoms with Crippen LogP contribution in [0.15, 0.2) is 57.9 Å².